The van der Waals surface area contributed by atoms with Crippen molar-refractivity contribution in [3.8, 4) is 0 Å². The van der Waals surface area contributed by atoms with E-state index in [0.29, 0.717) is 0 Å². The van der Waals surface area contributed by atoms with Crippen molar-refractivity contribution in [2.45, 2.75) is 20.3 Å². The van der Waals surface area contributed by atoms with Crippen molar-refractivity contribution < 1.29 is 0 Å². The van der Waals surface area contributed by atoms with Gasteiger partial charge in [0.15, 0.2) is 0 Å². The van der Waals surface area contributed by atoms with Crippen molar-refractivity contribution in [1.29, 1.82) is 0 Å². The number of hydrogen-bond donors (Lipinski definition) is 0. The Hall–Kier alpha value is -0.990. The van der Waals surface area contributed by atoms with Gasteiger partial charge in [0.1, 0.15) is 18.0 Å². The maximum atomic E-state index is 4.07. The highest BCUT2D eigenvalue weighted by atomic mass is 15.0. The van der Waals surface area contributed by atoms with Crippen molar-refractivity contribution in [2.24, 2.45) is 0 Å². The summed E-state index contributed by atoms with van der Waals surface area (Å²) in [5, 5.41) is 0. The molecule has 0 spiro atoms. The Bertz CT molecular complexity index is 197. The van der Waals surface area contributed by atoms with Gasteiger partial charge in [-0.15, -0.1) is 0 Å². The molecule has 1 rings (SSSR count). The molecule has 0 aliphatic rings. The average Bonchev–Trinajstić information content (AvgIpc) is 1.88. The number of hydrogen-bond acceptors (Lipinski definition) is 3. The summed E-state index contributed by atoms with van der Waals surface area (Å²) in [6, 6.07) is 0. The highest BCUT2D eigenvalue weighted by Gasteiger charge is 1.90. The van der Waals surface area contributed by atoms with E-state index in [4.69, 9.17) is 0 Å². The molecule has 0 aromatic carbocycles. The minimum atomic E-state index is 0.793. The summed E-state index contributed by atoms with van der Waals surface area (Å²) in [5.74, 6) is 1.66. The quantitative estimate of drug-likeness (QED) is 0.553. The zero-order chi connectivity index (χ0) is 6.69. The van der Waals surface area contributed by atoms with Gasteiger partial charge in [-0.25, -0.2) is 15.0 Å². The summed E-state index contributed by atoms with van der Waals surface area (Å²) in [7, 11) is 0. The van der Waals surface area contributed by atoms with Gasteiger partial charge in [-0.1, -0.05) is 6.92 Å². The molecule has 0 amide bonds. The SMILES string of the molecule is CCc1ncnc(C)n1. The highest BCUT2D eigenvalue weighted by molar-refractivity contribution is 4.86. The van der Waals surface area contributed by atoms with Crippen LogP contribution in [0.3, 0.4) is 0 Å². The van der Waals surface area contributed by atoms with Gasteiger partial charge in [0.2, 0.25) is 0 Å². The third-order valence-corrected chi connectivity index (χ3v) is 1.06. The summed E-state index contributed by atoms with van der Waals surface area (Å²) >= 11 is 0. The van der Waals surface area contributed by atoms with Gasteiger partial charge < -0.3 is 0 Å². The minimum Gasteiger partial charge on any atom is -0.222 e. The summed E-state index contributed by atoms with van der Waals surface area (Å²) in [5.41, 5.74) is 0. The van der Waals surface area contributed by atoms with Crippen molar-refractivity contribution in [1.82, 2.24) is 15.0 Å². The van der Waals surface area contributed by atoms with Crippen molar-refractivity contribution in [3.05, 3.63) is 18.0 Å². The molecule has 0 atom stereocenters. The highest BCUT2D eigenvalue weighted by Crippen LogP contribution is 1.88. The van der Waals surface area contributed by atoms with E-state index in [1.54, 1.807) is 6.33 Å². The van der Waals surface area contributed by atoms with Crippen LogP contribution >= 0.6 is 0 Å². The van der Waals surface area contributed by atoms with Gasteiger partial charge in [-0.2, -0.15) is 0 Å². The molecule has 3 nitrogen and oxygen atoms in total. The second-order valence-corrected chi connectivity index (χ2v) is 1.80. The Morgan fingerprint density at radius 3 is 2.67 bits per heavy atom. The molecular weight excluding hydrogens is 114 g/mol. The first-order valence-electron chi connectivity index (χ1n) is 2.97. The zero-order valence-corrected chi connectivity index (χ0v) is 5.63. The monoisotopic (exact) mass is 123 g/mol. The van der Waals surface area contributed by atoms with Gasteiger partial charge in [0, 0.05) is 6.42 Å². The van der Waals surface area contributed by atoms with E-state index < -0.39 is 0 Å². The van der Waals surface area contributed by atoms with Crippen molar-refractivity contribution in [3.63, 3.8) is 0 Å². The van der Waals surface area contributed by atoms with E-state index in [-0.39, 0.29) is 0 Å². The molecule has 0 radical (unpaired) electrons. The smallest absolute Gasteiger partial charge is 0.131 e. The molecular formula is C6H9N3. The van der Waals surface area contributed by atoms with Crippen LogP contribution in [0.25, 0.3) is 0 Å². The van der Waals surface area contributed by atoms with E-state index in [2.05, 4.69) is 15.0 Å². The molecule has 0 fully saturated rings. The molecule has 0 bridgehead atoms. The Balaban J connectivity index is 2.94. The summed E-state index contributed by atoms with van der Waals surface area (Å²) < 4.78 is 0. The van der Waals surface area contributed by atoms with E-state index in [1.807, 2.05) is 13.8 Å². The maximum Gasteiger partial charge on any atom is 0.131 e. The average molecular weight is 123 g/mol. The van der Waals surface area contributed by atoms with Gasteiger partial charge in [-0.3, -0.25) is 0 Å². The van der Waals surface area contributed by atoms with Crippen LogP contribution in [0.4, 0.5) is 0 Å². The van der Waals surface area contributed by atoms with Crippen molar-refractivity contribution >= 4 is 0 Å². The van der Waals surface area contributed by atoms with Crippen LogP contribution < -0.4 is 0 Å². The third kappa shape index (κ3) is 1.45. The Morgan fingerprint density at radius 2 is 2.22 bits per heavy atom. The number of rotatable bonds is 1. The minimum absolute atomic E-state index is 0.793. The molecule has 1 heterocycles. The number of aryl methyl sites for hydroxylation is 2. The molecule has 0 aliphatic carbocycles. The fourth-order valence-corrected chi connectivity index (χ4v) is 0.594. The molecule has 48 valence electrons. The van der Waals surface area contributed by atoms with Crippen LogP contribution in [0.1, 0.15) is 18.6 Å². The second kappa shape index (κ2) is 2.53. The van der Waals surface area contributed by atoms with E-state index in [1.165, 1.54) is 0 Å². The van der Waals surface area contributed by atoms with Gasteiger partial charge in [0.25, 0.3) is 0 Å². The first kappa shape index (κ1) is 6.13. The van der Waals surface area contributed by atoms with Crippen LogP contribution in [0.2, 0.25) is 0 Å². The third-order valence-electron chi connectivity index (χ3n) is 1.06. The first-order chi connectivity index (χ1) is 4.33. The van der Waals surface area contributed by atoms with Crippen LogP contribution in [0.15, 0.2) is 6.33 Å². The van der Waals surface area contributed by atoms with Crippen LogP contribution in [0.5, 0.6) is 0 Å². The topological polar surface area (TPSA) is 38.7 Å². The fourth-order valence-electron chi connectivity index (χ4n) is 0.594. The molecule has 1 aromatic rings. The fraction of sp³-hybridized carbons (Fsp3) is 0.500. The predicted octanol–water partition coefficient (Wildman–Crippen LogP) is 0.742. The lowest BCUT2D eigenvalue weighted by molar-refractivity contribution is 0.862. The second-order valence-electron chi connectivity index (χ2n) is 1.80. The van der Waals surface area contributed by atoms with Gasteiger partial charge in [-0.05, 0) is 6.92 Å². The van der Waals surface area contributed by atoms with Gasteiger partial charge in [0.05, 0.1) is 0 Å². The molecule has 1 aromatic heterocycles. The Morgan fingerprint density at radius 1 is 1.44 bits per heavy atom. The lowest BCUT2D eigenvalue weighted by atomic mass is 10.4. The molecule has 0 N–H and O–H groups in total. The standard InChI is InChI=1S/C6H9N3/c1-3-6-8-4-7-5(2)9-6/h4H,3H2,1-2H3. The molecule has 0 saturated carbocycles. The van der Waals surface area contributed by atoms with Crippen LogP contribution in [0, 0.1) is 6.92 Å². The van der Waals surface area contributed by atoms with Crippen LogP contribution in [-0.4, -0.2) is 15.0 Å². The maximum absolute atomic E-state index is 4.07. The van der Waals surface area contributed by atoms with Crippen molar-refractivity contribution in [2.75, 3.05) is 0 Å². The van der Waals surface area contributed by atoms with E-state index in [9.17, 15) is 0 Å². The summed E-state index contributed by atoms with van der Waals surface area (Å²) in [6.07, 6.45) is 2.42. The predicted molar refractivity (Wildman–Crippen MR) is 33.9 cm³/mol. The van der Waals surface area contributed by atoms with E-state index >= 15 is 0 Å². The summed E-state index contributed by atoms with van der Waals surface area (Å²) in [4.78, 5) is 11.9. The Labute approximate surface area is 54.2 Å². The molecule has 0 saturated heterocycles. The molecule has 9 heavy (non-hydrogen) atoms. The lowest BCUT2D eigenvalue weighted by Gasteiger charge is -1.92. The number of aromatic nitrogens is 3. The molecule has 3 heteroatoms. The summed E-state index contributed by atoms with van der Waals surface area (Å²) in [6.45, 7) is 3.88. The zero-order valence-electron chi connectivity index (χ0n) is 5.63. The lowest BCUT2D eigenvalue weighted by Crippen LogP contribution is -1.95. The normalized spacial score (nSPS) is 9.56. The number of nitrogens with zero attached hydrogens (tertiary/aromatic N) is 3. The van der Waals surface area contributed by atoms with E-state index in [0.717, 1.165) is 18.1 Å². The van der Waals surface area contributed by atoms with Crippen LogP contribution in [-0.2, 0) is 6.42 Å². The molecule has 0 unspecified atom stereocenters. The molecule has 0 aliphatic heterocycles. The largest absolute Gasteiger partial charge is 0.222 e. The Kier molecular flexibility index (Phi) is 1.72. The van der Waals surface area contributed by atoms with Gasteiger partial charge >= 0.3 is 0 Å². The first-order valence-corrected chi connectivity index (χ1v) is 2.97.